The fraction of sp³-hybridized carbons (Fsp3) is 0.636. The largest absolute Gasteiger partial charge is 0.327 e. The van der Waals surface area contributed by atoms with E-state index in [1.807, 2.05) is 12.1 Å². The Hall–Kier alpha value is -1.92. The van der Waals surface area contributed by atoms with E-state index in [0.29, 0.717) is 6.04 Å². The van der Waals surface area contributed by atoms with Crippen LogP contribution < -0.4 is 5.32 Å². The highest BCUT2D eigenvalue weighted by Crippen LogP contribution is 2.35. The Kier molecular flexibility index (Phi) is 6.27. The van der Waals surface area contributed by atoms with Gasteiger partial charge in [0.2, 0.25) is 6.41 Å². The number of imidazole rings is 1. The Balaban J connectivity index is 1.69. The Labute approximate surface area is 167 Å². The van der Waals surface area contributed by atoms with Gasteiger partial charge in [-0.1, -0.05) is 19.4 Å². The monoisotopic (exact) mass is 383 g/mol. The smallest absolute Gasteiger partial charge is 0.211 e. The predicted molar refractivity (Wildman–Crippen MR) is 114 cm³/mol. The average Bonchev–Trinajstić information content (AvgIpc) is 3.32. The van der Waals surface area contributed by atoms with E-state index < -0.39 is 0 Å². The van der Waals surface area contributed by atoms with Crippen molar-refractivity contribution in [1.82, 2.24) is 19.4 Å². The molecule has 2 fully saturated rings. The zero-order valence-electron chi connectivity index (χ0n) is 17.1. The highest BCUT2D eigenvalue weighted by molar-refractivity contribution is 5.93. The van der Waals surface area contributed by atoms with Crippen molar-refractivity contribution in [2.75, 3.05) is 38.0 Å². The zero-order chi connectivity index (χ0) is 19.3. The number of para-hydroxylation sites is 1. The van der Waals surface area contributed by atoms with Crippen molar-refractivity contribution in [3.63, 3.8) is 0 Å². The molecular weight excluding hydrogens is 350 g/mol. The van der Waals surface area contributed by atoms with E-state index in [-0.39, 0.29) is 0 Å². The van der Waals surface area contributed by atoms with Crippen molar-refractivity contribution < 1.29 is 4.79 Å². The molecule has 1 unspecified atom stereocenters. The lowest BCUT2D eigenvalue weighted by Gasteiger charge is -2.28. The van der Waals surface area contributed by atoms with Crippen LogP contribution >= 0.6 is 0 Å². The molecule has 1 N–H and O–H groups in total. The third kappa shape index (κ3) is 3.94. The van der Waals surface area contributed by atoms with Crippen LogP contribution in [0.15, 0.2) is 18.2 Å². The Morgan fingerprint density at radius 2 is 1.96 bits per heavy atom. The van der Waals surface area contributed by atoms with Crippen molar-refractivity contribution in [3.05, 3.63) is 24.0 Å². The van der Waals surface area contributed by atoms with Crippen molar-refractivity contribution in [2.24, 2.45) is 0 Å². The number of nitrogens with one attached hydrogen (secondary N) is 1. The average molecular weight is 384 g/mol. The molecule has 0 radical (unpaired) electrons. The van der Waals surface area contributed by atoms with Gasteiger partial charge in [0, 0.05) is 13.1 Å². The summed E-state index contributed by atoms with van der Waals surface area (Å²) in [6, 6.07) is 6.51. The van der Waals surface area contributed by atoms with Gasteiger partial charge in [-0.25, -0.2) is 4.98 Å². The maximum Gasteiger partial charge on any atom is 0.211 e. The summed E-state index contributed by atoms with van der Waals surface area (Å²) in [4.78, 5) is 21.3. The molecular formula is C22H33N5O. The number of carbonyl (C=O) groups excluding carboxylic acids is 1. The highest BCUT2D eigenvalue weighted by atomic mass is 16.1. The van der Waals surface area contributed by atoms with Gasteiger partial charge in [-0.15, -0.1) is 0 Å². The SMILES string of the molecule is CCCN1CCCC1c1nc2c(NC=O)cccc2n1CCN1CCCCC1. The minimum absolute atomic E-state index is 0.387. The highest BCUT2D eigenvalue weighted by Gasteiger charge is 2.30. The number of benzene rings is 1. The van der Waals surface area contributed by atoms with Crippen LogP contribution in [-0.4, -0.2) is 58.5 Å². The van der Waals surface area contributed by atoms with E-state index in [9.17, 15) is 4.79 Å². The molecule has 4 rings (SSSR count). The molecule has 1 aromatic heterocycles. The van der Waals surface area contributed by atoms with Gasteiger partial charge in [0.1, 0.15) is 11.3 Å². The van der Waals surface area contributed by atoms with Crippen LogP contribution in [0.25, 0.3) is 11.0 Å². The summed E-state index contributed by atoms with van der Waals surface area (Å²) in [5.41, 5.74) is 2.87. The van der Waals surface area contributed by atoms with E-state index in [0.717, 1.165) is 49.3 Å². The van der Waals surface area contributed by atoms with Crippen LogP contribution in [0.5, 0.6) is 0 Å². The molecule has 1 amide bonds. The lowest BCUT2D eigenvalue weighted by Crippen LogP contribution is -2.33. The number of fused-ring (bicyclic) bond motifs is 1. The number of piperidine rings is 1. The normalized spacial score (nSPS) is 21.4. The van der Waals surface area contributed by atoms with Gasteiger partial charge in [0.05, 0.1) is 17.2 Å². The first-order valence-corrected chi connectivity index (χ1v) is 11.0. The molecule has 1 aromatic carbocycles. The first-order valence-electron chi connectivity index (χ1n) is 11.0. The second-order valence-corrected chi connectivity index (χ2v) is 8.15. The molecule has 0 aliphatic carbocycles. The van der Waals surface area contributed by atoms with Crippen LogP contribution in [0.1, 0.15) is 57.3 Å². The predicted octanol–water partition coefficient (Wildman–Crippen LogP) is 3.64. The summed E-state index contributed by atoms with van der Waals surface area (Å²) in [5, 5.41) is 2.84. The van der Waals surface area contributed by atoms with Crippen LogP contribution in [0, 0.1) is 0 Å². The molecule has 0 saturated carbocycles. The first-order chi connectivity index (χ1) is 13.8. The number of carbonyl (C=O) groups is 1. The maximum atomic E-state index is 11.1. The van der Waals surface area contributed by atoms with Crippen molar-refractivity contribution in [2.45, 2.75) is 58.0 Å². The van der Waals surface area contributed by atoms with E-state index in [1.54, 1.807) is 0 Å². The van der Waals surface area contributed by atoms with Crippen molar-refractivity contribution in [3.8, 4) is 0 Å². The van der Waals surface area contributed by atoms with Gasteiger partial charge in [-0.2, -0.15) is 0 Å². The van der Waals surface area contributed by atoms with E-state index in [1.165, 1.54) is 57.4 Å². The number of rotatable bonds is 8. The van der Waals surface area contributed by atoms with Gasteiger partial charge in [0.25, 0.3) is 0 Å². The second-order valence-electron chi connectivity index (χ2n) is 8.15. The first kappa shape index (κ1) is 19.4. The number of hydrogen-bond donors (Lipinski definition) is 1. The Bertz CT molecular complexity index is 796. The number of aromatic nitrogens is 2. The second kappa shape index (κ2) is 9.05. The van der Waals surface area contributed by atoms with Crippen molar-refractivity contribution >= 4 is 23.1 Å². The molecule has 152 valence electrons. The number of amides is 1. The number of hydrogen-bond acceptors (Lipinski definition) is 4. The third-order valence-corrected chi connectivity index (χ3v) is 6.28. The summed E-state index contributed by atoms with van der Waals surface area (Å²) in [5.74, 6) is 1.18. The van der Waals surface area contributed by atoms with Crippen molar-refractivity contribution in [1.29, 1.82) is 0 Å². The van der Waals surface area contributed by atoms with Gasteiger partial charge < -0.3 is 14.8 Å². The van der Waals surface area contributed by atoms with Gasteiger partial charge in [0.15, 0.2) is 0 Å². The molecule has 2 aromatic rings. The quantitative estimate of drug-likeness (QED) is 0.707. The Morgan fingerprint density at radius 1 is 1.11 bits per heavy atom. The minimum Gasteiger partial charge on any atom is -0.327 e. The summed E-state index contributed by atoms with van der Waals surface area (Å²) >= 11 is 0. The standard InChI is InChI=1S/C22H33N5O/c1-2-11-26-14-7-10-20(26)22-24-21-18(23-17-28)8-6-9-19(21)27(22)16-15-25-12-4-3-5-13-25/h6,8-9,17,20H,2-5,7,10-16H2,1H3,(H,23,28). The molecule has 2 aliphatic heterocycles. The minimum atomic E-state index is 0.387. The molecule has 6 nitrogen and oxygen atoms in total. The Morgan fingerprint density at radius 3 is 2.75 bits per heavy atom. The van der Waals surface area contributed by atoms with E-state index in [4.69, 9.17) is 4.98 Å². The van der Waals surface area contributed by atoms with E-state index >= 15 is 0 Å². The van der Waals surface area contributed by atoms with Crippen LogP contribution in [0.3, 0.4) is 0 Å². The number of anilines is 1. The fourth-order valence-corrected chi connectivity index (χ4v) is 4.93. The summed E-state index contributed by atoms with van der Waals surface area (Å²) in [6.07, 6.45) is 8.33. The molecule has 0 bridgehead atoms. The summed E-state index contributed by atoms with van der Waals surface area (Å²) in [7, 11) is 0. The van der Waals surface area contributed by atoms with Gasteiger partial charge in [-0.3, -0.25) is 9.69 Å². The molecule has 1 atom stereocenters. The van der Waals surface area contributed by atoms with Gasteiger partial charge in [-0.05, 0) is 70.4 Å². The summed E-state index contributed by atoms with van der Waals surface area (Å²) < 4.78 is 2.43. The molecule has 28 heavy (non-hydrogen) atoms. The third-order valence-electron chi connectivity index (χ3n) is 6.28. The van der Waals surface area contributed by atoms with E-state index in [2.05, 4.69) is 32.7 Å². The molecule has 2 aliphatic rings. The fourth-order valence-electron chi connectivity index (χ4n) is 4.93. The maximum absolute atomic E-state index is 11.1. The summed E-state index contributed by atoms with van der Waals surface area (Å²) in [6.45, 7) is 9.00. The van der Waals surface area contributed by atoms with Gasteiger partial charge >= 0.3 is 0 Å². The van der Waals surface area contributed by atoms with Crippen LogP contribution in [0.2, 0.25) is 0 Å². The lowest BCUT2D eigenvalue weighted by atomic mass is 10.1. The van der Waals surface area contributed by atoms with Crippen LogP contribution in [-0.2, 0) is 11.3 Å². The lowest BCUT2D eigenvalue weighted by molar-refractivity contribution is -0.105. The molecule has 2 saturated heterocycles. The number of nitrogens with zero attached hydrogens (tertiary/aromatic N) is 4. The molecule has 6 heteroatoms. The molecule has 3 heterocycles. The zero-order valence-corrected chi connectivity index (χ0v) is 17.1. The van der Waals surface area contributed by atoms with Crippen LogP contribution in [0.4, 0.5) is 5.69 Å². The number of likely N-dealkylation sites (tertiary alicyclic amines) is 2. The topological polar surface area (TPSA) is 53.4 Å². The molecule has 0 spiro atoms.